The van der Waals surface area contributed by atoms with Crippen molar-refractivity contribution in [3.8, 4) is 0 Å². The smallest absolute Gasteiger partial charge is 0.345 e. The van der Waals surface area contributed by atoms with E-state index in [0.29, 0.717) is 5.00 Å². The molecule has 0 unspecified atom stereocenters. The molecule has 1 aliphatic rings. The molecule has 17 heavy (non-hydrogen) atoms. The van der Waals surface area contributed by atoms with Crippen LogP contribution in [0.15, 0.2) is 12.1 Å². The Bertz CT molecular complexity index is 517. The molecule has 2 amide bonds. The van der Waals surface area contributed by atoms with E-state index >= 15 is 0 Å². The third-order valence-corrected chi connectivity index (χ3v) is 3.71. The van der Waals surface area contributed by atoms with Crippen molar-refractivity contribution in [2.75, 3.05) is 4.90 Å². The summed E-state index contributed by atoms with van der Waals surface area (Å²) in [5.41, 5.74) is -0.704. The van der Waals surface area contributed by atoms with Gasteiger partial charge in [0.15, 0.2) is 0 Å². The van der Waals surface area contributed by atoms with Crippen LogP contribution in [0.4, 0.5) is 5.00 Å². The highest BCUT2D eigenvalue weighted by atomic mass is 32.1. The lowest BCUT2D eigenvalue weighted by atomic mass is 9.92. The lowest BCUT2D eigenvalue weighted by Gasteiger charge is -2.15. The summed E-state index contributed by atoms with van der Waals surface area (Å²) in [6, 6.07) is 2.89. The number of carboxylic acids is 1. The highest BCUT2D eigenvalue weighted by Crippen LogP contribution is 2.37. The largest absolute Gasteiger partial charge is 0.477 e. The van der Waals surface area contributed by atoms with Crippen LogP contribution in [0.5, 0.6) is 0 Å². The Kier molecular flexibility index (Phi) is 2.54. The van der Waals surface area contributed by atoms with Gasteiger partial charge >= 0.3 is 5.97 Å². The lowest BCUT2D eigenvalue weighted by molar-refractivity contribution is -0.124. The molecule has 0 atom stereocenters. The van der Waals surface area contributed by atoms with Crippen molar-refractivity contribution < 1.29 is 19.5 Å². The Balaban J connectivity index is 2.37. The Labute approximate surface area is 102 Å². The maximum Gasteiger partial charge on any atom is 0.345 e. The molecular weight excluding hydrogens is 242 g/mol. The van der Waals surface area contributed by atoms with Crippen molar-refractivity contribution in [1.29, 1.82) is 0 Å². The minimum atomic E-state index is -1.06. The number of rotatable bonds is 2. The zero-order valence-corrected chi connectivity index (χ0v) is 10.2. The average Bonchev–Trinajstić information content (AvgIpc) is 2.72. The maximum atomic E-state index is 12.0. The van der Waals surface area contributed by atoms with Crippen molar-refractivity contribution in [3.63, 3.8) is 0 Å². The Hall–Kier alpha value is -1.69. The number of hydrogen-bond donors (Lipinski definition) is 1. The van der Waals surface area contributed by atoms with E-state index in [2.05, 4.69) is 0 Å². The highest BCUT2D eigenvalue weighted by molar-refractivity contribution is 7.18. The second kappa shape index (κ2) is 3.66. The number of carbonyl (C=O) groups is 3. The molecule has 2 heterocycles. The quantitative estimate of drug-likeness (QED) is 0.814. The Morgan fingerprint density at radius 2 is 2.06 bits per heavy atom. The number of hydrogen-bond acceptors (Lipinski definition) is 4. The molecule has 0 radical (unpaired) electrons. The van der Waals surface area contributed by atoms with Gasteiger partial charge in [-0.05, 0) is 12.1 Å². The van der Waals surface area contributed by atoms with E-state index in [1.807, 2.05) is 0 Å². The summed E-state index contributed by atoms with van der Waals surface area (Å²) in [6.45, 7) is 3.41. The van der Waals surface area contributed by atoms with Gasteiger partial charge < -0.3 is 5.11 Å². The summed E-state index contributed by atoms with van der Waals surface area (Å²) in [7, 11) is 0. The van der Waals surface area contributed by atoms with Gasteiger partial charge in [0.2, 0.25) is 11.8 Å². The van der Waals surface area contributed by atoms with Crippen molar-refractivity contribution in [1.82, 2.24) is 0 Å². The third kappa shape index (κ3) is 1.84. The van der Waals surface area contributed by atoms with Crippen molar-refractivity contribution >= 4 is 34.1 Å². The molecule has 1 fully saturated rings. The van der Waals surface area contributed by atoms with Crippen LogP contribution >= 0.6 is 11.3 Å². The molecular formula is C11H11NO4S. The van der Waals surface area contributed by atoms with E-state index in [1.54, 1.807) is 13.8 Å². The van der Waals surface area contributed by atoms with E-state index in [9.17, 15) is 14.4 Å². The van der Waals surface area contributed by atoms with Crippen LogP contribution in [0.25, 0.3) is 0 Å². The lowest BCUT2D eigenvalue weighted by Crippen LogP contribution is -2.32. The van der Waals surface area contributed by atoms with Gasteiger partial charge in [-0.2, -0.15) is 0 Å². The number of thiophene rings is 1. The highest BCUT2D eigenvalue weighted by Gasteiger charge is 2.46. The number of nitrogens with zero attached hydrogens (tertiary/aromatic N) is 1. The monoisotopic (exact) mass is 253 g/mol. The van der Waals surface area contributed by atoms with Crippen LogP contribution in [-0.4, -0.2) is 22.9 Å². The van der Waals surface area contributed by atoms with Crippen LogP contribution in [-0.2, 0) is 9.59 Å². The Morgan fingerprint density at radius 3 is 2.47 bits per heavy atom. The standard InChI is InChI=1S/C11H11NO4S/c1-11(2)5-7(13)12(10(11)16)8-4-3-6(17-8)9(14)15/h3-4H,5H2,1-2H3,(H,14,15). The van der Waals surface area contributed by atoms with Gasteiger partial charge in [-0.3, -0.25) is 9.59 Å². The fourth-order valence-corrected chi connectivity index (χ4v) is 2.60. The minimum absolute atomic E-state index is 0.116. The van der Waals surface area contributed by atoms with E-state index in [-0.39, 0.29) is 23.1 Å². The predicted molar refractivity (Wildman–Crippen MR) is 62.2 cm³/mol. The molecule has 0 aliphatic carbocycles. The second-order valence-corrected chi connectivity index (χ2v) is 5.60. The first kappa shape index (κ1) is 11.8. The van der Waals surface area contributed by atoms with Gasteiger partial charge in [-0.25, -0.2) is 9.69 Å². The molecule has 1 saturated heterocycles. The van der Waals surface area contributed by atoms with Gasteiger partial charge in [-0.1, -0.05) is 13.8 Å². The fourth-order valence-electron chi connectivity index (χ4n) is 1.73. The number of imide groups is 1. The van der Waals surface area contributed by atoms with Crippen LogP contribution in [0.2, 0.25) is 0 Å². The van der Waals surface area contributed by atoms with E-state index in [0.717, 1.165) is 16.2 Å². The fraction of sp³-hybridized carbons (Fsp3) is 0.364. The average molecular weight is 253 g/mol. The van der Waals surface area contributed by atoms with Crippen LogP contribution < -0.4 is 4.90 Å². The van der Waals surface area contributed by atoms with Gasteiger partial charge in [0.1, 0.15) is 9.88 Å². The maximum absolute atomic E-state index is 12.0. The first-order chi connectivity index (χ1) is 7.83. The van der Waals surface area contributed by atoms with E-state index in [4.69, 9.17) is 5.11 Å². The van der Waals surface area contributed by atoms with Crippen molar-refractivity contribution in [3.05, 3.63) is 17.0 Å². The summed E-state index contributed by atoms with van der Waals surface area (Å²) in [5.74, 6) is -1.61. The summed E-state index contributed by atoms with van der Waals surface area (Å²) in [4.78, 5) is 35.7. The van der Waals surface area contributed by atoms with Gasteiger partial charge in [0.05, 0.1) is 5.41 Å². The number of anilines is 1. The first-order valence-electron chi connectivity index (χ1n) is 5.03. The molecule has 0 saturated carbocycles. The predicted octanol–water partition coefficient (Wildman–Crippen LogP) is 1.74. The zero-order chi connectivity index (χ0) is 12.8. The zero-order valence-electron chi connectivity index (χ0n) is 9.39. The molecule has 0 bridgehead atoms. The topological polar surface area (TPSA) is 74.7 Å². The van der Waals surface area contributed by atoms with Crippen molar-refractivity contribution in [2.45, 2.75) is 20.3 Å². The summed E-state index contributed by atoms with van der Waals surface area (Å²) < 4.78 is 0. The summed E-state index contributed by atoms with van der Waals surface area (Å²) in [6.07, 6.45) is 0.159. The molecule has 1 aliphatic heterocycles. The first-order valence-corrected chi connectivity index (χ1v) is 5.85. The Morgan fingerprint density at radius 1 is 1.41 bits per heavy atom. The summed E-state index contributed by atoms with van der Waals surface area (Å²) >= 11 is 0.931. The van der Waals surface area contributed by atoms with Crippen LogP contribution in [0.1, 0.15) is 29.9 Å². The second-order valence-electron chi connectivity index (χ2n) is 4.54. The third-order valence-electron chi connectivity index (χ3n) is 2.65. The number of aromatic carboxylic acids is 1. The molecule has 0 spiro atoms. The molecule has 1 aromatic rings. The molecule has 1 aromatic heterocycles. The molecule has 90 valence electrons. The molecule has 1 N–H and O–H groups in total. The normalized spacial score (nSPS) is 18.8. The van der Waals surface area contributed by atoms with Crippen LogP contribution in [0, 0.1) is 5.41 Å². The molecule has 5 nitrogen and oxygen atoms in total. The van der Waals surface area contributed by atoms with E-state index in [1.165, 1.54) is 12.1 Å². The number of carbonyl (C=O) groups excluding carboxylic acids is 2. The number of amides is 2. The van der Waals surface area contributed by atoms with Gasteiger partial charge in [-0.15, -0.1) is 11.3 Å². The molecule has 0 aromatic carbocycles. The summed E-state index contributed by atoms with van der Waals surface area (Å²) in [5, 5.41) is 9.18. The van der Waals surface area contributed by atoms with Crippen molar-refractivity contribution in [2.24, 2.45) is 5.41 Å². The molecule has 2 rings (SSSR count). The van der Waals surface area contributed by atoms with E-state index < -0.39 is 11.4 Å². The molecule has 6 heteroatoms. The minimum Gasteiger partial charge on any atom is -0.477 e. The van der Waals surface area contributed by atoms with Gasteiger partial charge in [0, 0.05) is 6.42 Å². The number of carboxylic acid groups (broad SMARTS) is 1. The van der Waals surface area contributed by atoms with Crippen LogP contribution in [0.3, 0.4) is 0 Å². The SMILES string of the molecule is CC1(C)CC(=O)N(c2ccc(C(=O)O)s2)C1=O. The van der Waals surface area contributed by atoms with Gasteiger partial charge in [0.25, 0.3) is 0 Å².